The highest BCUT2D eigenvalue weighted by Gasteiger charge is 2.15. The fourth-order valence-electron chi connectivity index (χ4n) is 2.00. The maximum atomic E-state index is 11.5. The Morgan fingerprint density at radius 1 is 1.13 bits per heavy atom. The number of carbonyl (C=O) groups excluding carboxylic acids is 1. The molecule has 0 aromatic carbocycles. The maximum absolute atomic E-state index is 11.5. The van der Waals surface area contributed by atoms with Crippen molar-refractivity contribution in [1.29, 1.82) is 0 Å². The van der Waals surface area contributed by atoms with E-state index in [0.717, 1.165) is 25.3 Å². The standard InChI is InChI=1S/C17H36N4O2/c1-7-8-9-11-14(2)21-15(18-6)19-12-10-13-20-16(22)23-17(3,4)5/h14H,7-13H2,1-6H3,(H,20,22)(H2,18,19,21). The highest BCUT2D eigenvalue weighted by molar-refractivity contribution is 5.79. The molecule has 1 atom stereocenters. The number of hydrogen-bond donors (Lipinski definition) is 3. The molecule has 0 rings (SSSR count). The first-order valence-electron chi connectivity index (χ1n) is 8.72. The van der Waals surface area contributed by atoms with Crippen molar-refractivity contribution in [2.24, 2.45) is 4.99 Å². The molecule has 0 aliphatic carbocycles. The van der Waals surface area contributed by atoms with Crippen molar-refractivity contribution in [3.63, 3.8) is 0 Å². The molecule has 0 aromatic heterocycles. The zero-order chi connectivity index (χ0) is 17.7. The van der Waals surface area contributed by atoms with Crippen LogP contribution in [-0.4, -0.2) is 43.8 Å². The summed E-state index contributed by atoms with van der Waals surface area (Å²) in [5.74, 6) is 0.811. The second-order valence-electron chi connectivity index (χ2n) is 6.82. The summed E-state index contributed by atoms with van der Waals surface area (Å²) in [7, 11) is 1.77. The van der Waals surface area contributed by atoms with Crippen molar-refractivity contribution in [3.05, 3.63) is 0 Å². The molecule has 1 unspecified atom stereocenters. The third-order valence-electron chi connectivity index (χ3n) is 3.16. The number of aliphatic imine (C=N–C) groups is 1. The van der Waals surface area contributed by atoms with Gasteiger partial charge in [0.15, 0.2) is 5.96 Å². The van der Waals surface area contributed by atoms with Gasteiger partial charge in [-0.3, -0.25) is 4.99 Å². The van der Waals surface area contributed by atoms with Crippen molar-refractivity contribution in [1.82, 2.24) is 16.0 Å². The molecule has 0 aromatic rings. The molecule has 23 heavy (non-hydrogen) atoms. The summed E-state index contributed by atoms with van der Waals surface area (Å²) < 4.78 is 5.18. The van der Waals surface area contributed by atoms with Gasteiger partial charge in [-0.25, -0.2) is 4.79 Å². The molecule has 0 aliphatic heterocycles. The van der Waals surface area contributed by atoms with Crippen LogP contribution in [0.1, 0.15) is 66.7 Å². The first-order chi connectivity index (χ1) is 10.8. The van der Waals surface area contributed by atoms with Crippen LogP contribution >= 0.6 is 0 Å². The van der Waals surface area contributed by atoms with Gasteiger partial charge in [0, 0.05) is 26.2 Å². The predicted octanol–water partition coefficient (Wildman–Crippen LogP) is 3.04. The number of nitrogens with zero attached hydrogens (tertiary/aromatic N) is 1. The van der Waals surface area contributed by atoms with E-state index in [4.69, 9.17) is 4.74 Å². The van der Waals surface area contributed by atoms with E-state index in [2.05, 4.69) is 34.8 Å². The summed E-state index contributed by atoms with van der Waals surface area (Å²) >= 11 is 0. The zero-order valence-electron chi connectivity index (χ0n) is 15.8. The Morgan fingerprint density at radius 3 is 2.35 bits per heavy atom. The molecule has 6 heteroatoms. The molecule has 0 aliphatic rings. The average molecular weight is 329 g/mol. The lowest BCUT2D eigenvalue weighted by Gasteiger charge is -2.20. The van der Waals surface area contributed by atoms with Crippen LogP contribution in [0.5, 0.6) is 0 Å². The molecule has 0 saturated heterocycles. The van der Waals surface area contributed by atoms with Gasteiger partial charge >= 0.3 is 6.09 Å². The summed E-state index contributed by atoms with van der Waals surface area (Å²) in [5.41, 5.74) is -0.456. The lowest BCUT2D eigenvalue weighted by molar-refractivity contribution is 0.0527. The Hall–Kier alpha value is -1.46. The minimum absolute atomic E-state index is 0.371. The largest absolute Gasteiger partial charge is 0.444 e. The fraction of sp³-hybridized carbons (Fsp3) is 0.882. The topological polar surface area (TPSA) is 74.8 Å². The number of unbranched alkanes of at least 4 members (excludes halogenated alkanes) is 2. The number of ether oxygens (including phenoxy) is 1. The van der Waals surface area contributed by atoms with Gasteiger partial charge < -0.3 is 20.7 Å². The molecule has 1 amide bonds. The summed E-state index contributed by atoms with van der Waals surface area (Å²) in [6.45, 7) is 11.3. The fourth-order valence-corrected chi connectivity index (χ4v) is 2.00. The number of guanidine groups is 1. The minimum atomic E-state index is -0.456. The Labute approximate surface area is 141 Å². The van der Waals surface area contributed by atoms with Crippen molar-refractivity contribution in [2.75, 3.05) is 20.1 Å². The number of hydrogen-bond acceptors (Lipinski definition) is 3. The molecular weight excluding hydrogens is 292 g/mol. The van der Waals surface area contributed by atoms with E-state index < -0.39 is 5.60 Å². The molecule has 0 spiro atoms. The molecule has 0 fully saturated rings. The van der Waals surface area contributed by atoms with Crippen molar-refractivity contribution in [2.45, 2.75) is 78.4 Å². The van der Waals surface area contributed by atoms with Crippen LogP contribution in [-0.2, 0) is 4.74 Å². The van der Waals surface area contributed by atoms with E-state index >= 15 is 0 Å². The van der Waals surface area contributed by atoms with Crippen LogP contribution in [0.2, 0.25) is 0 Å². The maximum Gasteiger partial charge on any atom is 0.407 e. The smallest absolute Gasteiger partial charge is 0.407 e. The summed E-state index contributed by atoms with van der Waals surface area (Å²) in [6, 6.07) is 0.410. The van der Waals surface area contributed by atoms with E-state index in [0.29, 0.717) is 12.6 Å². The van der Waals surface area contributed by atoms with Crippen LogP contribution in [0, 0.1) is 0 Å². The second kappa shape index (κ2) is 12.0. The van der Waals surface area contributed by atoms with Crippen LogP contribution < -0.4 is 16.0 Å². The molecule has 3 N–H and O–H groups in total. The molecule has 0 bridgehead atoms. The quantitative estimate of drug-likeness (QED) is 0.345. The number of nitrogens with one attached hydrogen (secondary N) is 3. The van der Waals surface area contributed by atoms with Crippen molar-refractivity contribution in [3.8, 4) is 0 Å². The monoisotopic (exact) mass is 328 g/mol. The third kappa shape index (κ3) is 13.9. The lowest BCUT2D eigenvalue weighted by atomic mass is 10.1. The van der Waals surface area contributed by atoms with Crippen LogP contribution in [0.25, 0.3) is 0 Å². The van der Waals surface area contributed by atoms with Gasteiger partial charge in [-0.1, -0.05) is 26.2 Å². The first kappa shape index (κ1) is 21.5. The van der Waals surface area contributed by atoms with Gasteiger partial charge in [0.2, 0.25) is 0 Å². The van der Waals surface area contributed by atoms with E-state index in [-0.39, 0.29) is 6.09 Å². The second-order valence-corrected chi connectivity index (χ2v) is 6.82. The minimum Gasteiger partial charge on any atom is -0.444 e. The molecule has 0 radical (unpaired) electrons. The number of alkyl carbamates (subject to hydrolysis) is 1. The average Bonchev–Trinajstić information content (AvgIpc) is 2.44. The summed E-state index contributed by atoms with van der Waals surface area (Å²) in [6.07, 6.45) is 5.34. The Balaban J connectivity index is 3.78. The van der Waals surface area contributed by atoms with E-state index in [1.54, 1.807) is 7.05 Å². The van der Waals surface area contributed by atoms with Crippen LogP contribution in [0.4, 0.5) is 4.79 Å². The normalized spacial score (nSPS) is 13.4. The van der Waals surface area contributed by atoms with Gasteiger partial charge in [0.05, 0.1) is 0 Å². The van der Waals surface area contributed by atoms with E-state index in [1.807, 2.05) is 20.8 Å². The highest BCUT2D eigenvalue weighted by Crippen LogP contribution is 2.06. The zero-order valence-corrected chi connectivity index (χ0v) is 15.8. The van der Waals surface area contributed by atoms with Crippen molar-refractivity contribution >= 4 is 12.1 Å². The van der Waals surface area contributed by atoms with E-state index in [9.17, 15) is 4.79 Å². The Kier molecular flexibility index (Phi) is 11.3. The third-order valence-corrected chi connectivity index (χ3v) is 3.16. The molecule has 0 heterocycles. The SMILES string of the molecule is CCCCCC(C)NC(=NC)NCCCNC(=O)OC(C)(C)C. The number of carbonyl (C=O) groups is 1. The van der Waals surface area contributed by atoms with E-state index in [1.165, 1.54) is 19.3 Å². The highest BCUT2D eigenvalue weighted by atomic mass is 16.6. The molecular formula is C17H36N4O2. The predicted molar refractivity (Wildman–Crippen MR) is 97.0 cm³/mol. The summed E-state index contributed by atoms with van der Waals surface area (Å²) in [5, 5.41) is 9.39. The molecule has 0 saturated carbocycles. The Morgan fingerprint density at radius 2 is 1.78 bits per heavy atom. The van der Waals surface area contributed by atoms with Crippen LogP contribution in [0.3, 0.4) is 0 Å². The van der Waals surface area contributed by atoms with Gasteiger partial charge in [-0.05, 0) is 40.5 Å². The van der Waals surface area contributed by atoms with Gasteiger partial charge in [0.25, 0.3) is 0 Å². The van der Waals surface area contributed by atoms with Gasteiger partial charge in [0.1, 0.15) is 5.60 Å². The van der Waals surface area contributed by atoms with Gasteiger partial charge in [-0.15, -0.1) is 0 Å². The number of amides is 1. The first-order valence-corrected chi connectivity index (χ1v) is 8.72. The van der Waals surface area contributed by atoms with Crippen LogP contribution in [0.15, 0.2) is 4.99 Å². The Bertz CT molecular complexity index is 351. The number of rotatable bonds is 9. The van der Waals surface area contributed by atoms with Crippen molar-refractivity contribution < 1.29 is 9.53 Å². The van der Waals surface area contributed by atoms with Gasteiger partial charge in [-0.2, -0.15) is 0 Å². The molecule has 6 nitrogen and oxygen atoms in total. The summed E-state index contributed by atoms with van der Waals surface area (Å²) in [4.78, 5) is 15.7. The molecule has 136 valence electrons. The lowest BCUT2D eigenvalue weighted by Crippen LogP contribution is -2.43.